The molecule has 0 unspecified atom stereocenters. The minimum absolute atomic E-state index is 0.940. The minimum atomic E-state index is 0.940. The van der Waals surface area contributed by atoms with E-state index in [1.54, 1.807) is 11.3 Å². The van der Waals surface area contributed by atoms with E-state index in [2.05, 4.69) is 301 Å². The van der Waals surface area contributed by atoms with E-state index in [0.29, 0.717) is 0 Å². The Kier molecular flexibility index (Phi) is 15.6. The predicted molar refractivity (Wildman–Crippen MR) is 392 cm³/mol. The second-order valence-corrected chi connectivity index (χ2v) is 25.9. The first-order chi connectivity index (χ1) is 46.2. The first-order valence-electron chi connectivity index (χ1n) is 31.1. The Morgan fingerprint density at radius 1 is 0.269 bits per heavy atom. The summed E-state index contributed by atoms with van der Waals surface area (Å²) in [6.07, 6.45) is 9.58. The molecule has 0 atom stereocenters. The lowest BCUT2D eigenvalue weighted by atomic mass is 9.66. The van der Waals surface area contributed by atoms with Crippen LogP contribution in [0.1, 0.15) is 65.0 Å². The maximum Gasteiger partial charge on any atom is 0.125 e. The zero-order valence-corrected chi connectivity index (χ0v) is 52.8. The molecule has 0 saturated heterocycles. The van der Waals surface area contributed by atoms with Crippen LogP contribution < -0.4 is 0 Å². The molecule has 0 fully saturated rings. The number of rotatable bonds is 12. The van der Waals surface area contributed by atoms with Crippen molar-refractivity contribution in [1.82, 2.24) is 19.9 Å². The molecule has 2 aliphatic carbocycles. The lowest BCUT2D eigenvalue weighted by molar-refractivity contribution is 1.25. The summed E-state index contributed by atoms with van der Waals surface area (Å²) in [4.78, 5) is 21.9. The highest BCUT2D eigenvalue weighted by atomic mass is 32.1. The van der Waals surface area contributed by atoms with Gasteiger partial charge in [0.25, 0.3) is 0 Å². The molecular weight excluding hydrogens is 1190 g/mol. The van der Waals surface area contributed by atoms with Crippen LogP contribution in [0.3, 0.4) is 0 Å². The smallest absolute Gasteiger partial charge is 0.125 e. The van der Waals surface area contributed by atoms with E-state index in [-0.39, 0.29) is 0 Å². The van der Waals surface area contributed by atoms with Crippen molar-refractivity contribution < 1.29 is 0 Å². The summed E-state index contributed by atoms with van der Waals surface area (Å²) in [5.41, 5.74) is 25.5. The van der Waals surface area contributed by atoms with Gasteiger partial charge in [-0.05, 0) is 116 Å². The number of nitrogens with zero attached hydrogens (tertiary/aromatic N) is 4. The second-order valence-electron chi connectivity index (χ2n) is 22.7. The van der Waals surface area contributed by atoms with Crippen molar-refractivity contribution in [2.24, 2.45) is 0 Å². The number of fused-ring (bicyclic) bond motifs is 3. The van der Waals surface area contributed by atoms with Gasteiger partial charge in [-0.3, -0.25) is 15.0 Å². The molecule has 438 valence electrons. The van der Waals surface area contributed by atoms with Gasteiger partial charge in [0.15, 0.2) is 0 Å². The third kappa shape index (κ3) is 10.9. The highest BCUT2D eigenvalue weighted by molar-refractivity contribution is 7.20. The summed E-state index contributed by atoms with van der Waals surface area (Å²) in [5.74, 6) is 0. The Morgan fingerprint density at radius 2 is 0.634 bits per heavy atom. The van der Waals surface area contributed by atoms with Crippen LogP contribution in [-0.2, 0) is 0 Å². The van der Waals surface area contributed by atoms with Gasteiger partial charge in [0.05, 0.1) is 15.9 Å². The van der Waals surface area contributed by atoms with Crippen molar-refractivity contribution in [2.75, 3.05) is 0 Å². The molecule has 0 saturated carbocycles. The Labute approximate surface area is 552 Å². The van der Waals surface area contributed by atoms with Crippen LogP contribution in [0, 0.1) is 0 Å². The third-order valence-corrected chi connectivity index (χ3v) is 20.4. The lowest BCUT2D eigenvalue weighted by Gasteiger charge is -2.36. The molecule has 15 aromatic rings. The quantitative estimate of drug-likeness (QED) is 0.122. The van der Waals surface area contributed by atoms with Crippen LogP contribution in [-0.4, -0.2) is 19.9 Å². The first-order valence-corrected chi connectivity index (χ1v) is 33.5. The Hall–Kier alpha value is -11.3. The predicted octanol–water partition coefficient (Wildman–Crippen LogP) is 22.5. The molecule has 2 aliphatic rings. The zero-order valence-electron chi connectivity index (χ0n) is 50.3. The lowest BCUT2D eigenvalue weighted by Crippen LogP contribution is -2.17. The van der Waals surface area contributed by atoms with Crippen LogP contribution in [0.25, 0.3) is 75.0 Å². The van der Waals surface area contributed by atoms with Gasteiger partial charge in [-0.15, -0.1) is 34.0 Å². The summed E-state index contributed by atoms with van der Waals surface area (Å²) in [6.45, 7) is 0. The molecule has 0 aliphatic heterocycles. The fourth-order valence-electron chi connectivity index (χ4n) is 13.0. The van der Waals surface area contributed by atoms with Crippen molar-refractivity contribution in [3.05, 3.63) is 428 Å². The van der Waals surface area contributed by atoms with E-state index in [4.69, 9.17) is 9.97 Å². The average Bonchev–Trinajstić information content (AvgIpc) is 1.55. The zero-order chi connectivity index (χ0) is 61.9. The number of aromatic nitrogens is 4. The topological polar surface area (TPSA) is 51.6 Å². The van der Waals surface area contributed by atoms with Crippen LogP contribution in [0.4, 0.5) is 0 Å². The Balaban J connectivity index is 0.000000148. The maximum atomic E-state index is 5.25. The molecule has 0 N–H and O–H groups in total. The first kappa shape index (κ1) is 56.9. The van der Waals surface area contributed by atoms with E-state index < -0.39 is 0 Å². The number of hydrogen-bond donors (Lipinski definition) is 0. The molecule has 7 heteroatoms. The highest BCUT2D eigenvalue weighted by Gasteiger charge is 2.41. The van der Waals surface area contributed by atoms with Crippen molar-refractivity contribution in [2.45, 2.75) is 0 Å². The molecule has 4 nitrogen and oxygen atoms in total. The van der Waals surface area contributed by atoms with Crippen LogP contribution in [0.15, 0.2) is 363 Å². The number of thiazole rings is 1. The summed E-state index contributed by atoms with van der Waals surface area (Å²) < 4.78 is 3.72. The van der Waals surface area contributed by atoms with Crippen molar-refractivity contribution >= 4 is 109 Å². The summed E-state index contributed by atoms with van der Waals surface area (Å²) in [5, 5.41) is 3.51. The van der Waals surface area contributed by atoms with Gasteiger partial charge in [0.2, 0.25) is 0 Å². The van der Waals surface area contributed by atoms with Gasteiger partial charge in [-0.25, -0.2) is 4.98 Å². The van der Waals surface area contributed by atoms with E-state index in [0.717, 1.165) is 60.7 Å². The van der Waals surface area contributed by atoms with Gasteiger partial charge in [-0.1, -0.05) is 249 Å². The SMILES string of the molecule is c1ccc(/C(=C2C(c3cccnc3)=C(c3cccnc3)C\2=C(/c2ccccc2)c2cc3ccccc3s2)c2cc3ccccc3s2)cc1.c1ccc(C(=C2C(=C(c3ccccc3)c3ccccc3)C(c3nc4ccccc4s3)=C2c2ccccn2)c2ccccc2)cc1. The Morgan fingerprint density at radius 3 is 1.02 bits per heavy atom. The monoisotopic (exact) mass is 1240 g/mol. The van der Waals surface area contributed by atoms with E-state index in [1.807, 2.05) is 71.9 Å². The van der Waals surface area contributed by atoms with Crippen LogP contribution in [0.2, 0.25) is 0 Å². The number of para-hydroxylation sites is 1. The van der Waals surface area contributed by atoms with Crippen molar-refractivity contribution in [3.63, 3.8) is 0 Å². The Bertz CT molecular complexity index is 5060. The summed E-state index contributed by atoms with van der Waals surface area (Å²) >= 11 is 5.45. The van der Waals surface area contributed by atoms with Crippen LogP contribution >= 0.6 is 34.0 Å². The highest BCUT2D eigenvalue weighted by Crippen LogP contribution is 2.61. The van der Waals surface area contributed by atoms with Gasteiger partial charge in [-0.2, -0.15) is 0 Å². The number of allylic oxidation sites excluding steroid dienone is 8. The number of benzene rings is 9. The minimum Gasteiger partial charge on any atom is -0.264 e. The van der Waals surface area contributed by atoms with Crippen LogP contribution in [0.5, 0.6) is 0 Å². The van der Waals surface area contributed by atoms with Crippen molar-refractivity contribution in [1.29, 1.82) is 0 Å². The van der Waals surface area contributed by atoms with E-state index >= 15 is 0 Å². The standard InChI is InChI=1S/C44H28N2S2.C42H28N2S/c1-3-13-29(14-4-1)39(37-25-31-17-7-9-21-35(31)47-37)43-41(33-19-11-23-45-27-33)42(34-20-12-24-46-28-34)44(43)40(30-15-5-2-6-16-30)38-26-32-18-8-10-22-36(32)48-38;1-5-17-29(18-6-1)36(30-19-7-2-8-20-30)39-38(34-26-15-16-28-43-34)41(42-44-33-25-13-14-27-35(33)45-42)40(39)37(31-21-9-3-10-22-31)32-23-11-4-12-24-32/h1-28H;1-28H/b43-39-,44-40-;. The molecule has 9 aromatic carbocycles. The molecule has 0 bridgehead atoms. The number of pyridine rings is 3. The summed E-state index contributed by atoms with van der Waals surface area (Å²) in [6, 6.07) is 110. The second kappa shape index (κ2) is 25.5. The van der Waals surface area contributed by atoms with Gasteiger partial charge < -0.3 is 0 Å². The van der Waals surface area contributed by atoms with Gasteiger partial charge >= 0.3 is 0 Å². The molecule has 6 heterocycles. The normalized spacial score (nSPS) is 13.9. The third-order valence-electron chi connectivity index (χ3n) is 17.0. The molecular formula is C86H56N4S3. The molecule has 17 rings (SSSR count). The van der Waals surface area contributed by atoms with Gasteiger partial charge in [0.1, 0.15) is 5.01 Å². The number of thiophene rings is 2. The number of hydrogen-bond acceptors (Lipinski definition) is 7. The largest absolute Gasteiger partial charge is 0.264 e. The fourth-order valence-corrected chi connectivity index (χ4v) is 16.3. The fraction of sp³-hybridized carbons (Fsp3) is 0. The van der Waals surface area contributed by atoms with Gasteiger partial charge in [0, 0.05) is 117 Å². The molecule has 0 radical (unpaired) electrons. The van der Waals surface area contributed by atoms with Crippen molar-refractivity contribution in [3.8, 4) is 0 Å². The molecule has 93 heavy (non-hydrogen) atoms. The molecule has 0 amide bonds. The molecule has 0 spiro atoms. The molecule has 6 aromatic heterocycles. The van der Waals surface area contributed by atoms with E-state index in [9.17, 15) is 0 Å². The summed E-state index contributed by atoms with van der Waals surface area (Å²) in [7, 11) is 0. The van der Waals surface area contributed by atoms with E-state index in [1.165, 1.54) is 101 Å². The average molecular weight is 1240 g/mol. The maximum absolute atomic E-state index is 5.25.